The first kappa shape index (κ1) is 25.5. The highest BCUT2D eigenvalue weighted by atomic mass is 35.5. The number of hydrogen-bond acceptors (Lipinski definition) is 5. The molecule has 0 unspecified atom stereocenters. The van der Waals surface area contributed by atoms with Crippen LogP contribution in [-0.2, 0) is 15.2 Å². The maximum atomic E-state index is 13.8. The summed E-state index contributed by atoms with van der Waals surface area (Å²) < 4.78 is 50.4. The van der Waals surface area contributed by atoms with E-state index >= 15 is 0 Å². The van der Waals surface area contributed by atoms with Gasteiger partial charge in [-0.05, 0) is 37.6 Å². The van der Waals surface area contributed by atoms with Gasteiger partial charge in [-0.3, -0.25) is 9.59 Å². The van der Waals surface area contributed by atoms with Gasteiger partial charge in [-0.15, -0.1) is 11.3 Å². The number of benzene rings is 1. The van der Waals surface area contributed by atoms with E-state index < -0.39 is 48.7 Å². The Balaban J connectivity index is 1.67. The quantitative estimate of drug-likeness (QED) is 0.347. The van der Waals surface area contributed by atoms with Crippen LogP contribution in [-0.4, -0.2) is 30.1 Å². The van der Waals surface area contributed by atoms with Gasteiger partial charge in [-0.1, -0.05) is 28.4 Å². The maximum absolute atomic E-state index is 13.8. The number of oxime groups is 1. The minimum Gasteiger partial charge on any atom is -0.384 e. The van der Waals surface area contributed by atoms with Crippen molar-refractivity contribution < 1.29 is 32.0 Å². The van der Waals surface area contributed by atoms with Crippen LogP contribution in [0.4, 0.5) is 17.6 Å². The van der Waals surface area contributed by atoms with Gasteiger partial charge >= 0.3 is 6.18 Å². The molecule has 2 heterocycles. The van der Waals surface area contributed by atoms with Crippen LogP contribution in [0.25, 0.3) is 0 Å². The average molecular weight is 525 g/mol. The summed E-state index contributed by atoms with van der Waals surface area (Å²) in [6.45, 7) is 2.94. The van der Waals surface area contributed by atoms with E-state index in [-0.39, 0.29) is 10.0 Å². The van der Waals surface area contributed by atoms with Crippen molar-refractivity contribution in [3.8, 4) is 0 Å². The Bertz CT molecular complexity index is 1110. The van der Waals surface area contributed by atoms with Crippen LogP contribution in [0, 0.1) is 12.7 Å². The number of ketones is 1. The van der Waals surface area contributed by atoms with E-state index in [1.165, 1.54) is 12.1 Å². The van der Waals surface area contributed by atoms with Gasteiger partial charge in [-0.2, -0.15) is 13.2 Å². The monoisotopic (exact) mass is 524 g/mol. The second kappa shape index (κ2) is 9.60. The van der Waals surface area contributed by atoms with Crippen LogP contribution in [0.3, 0.4) is 0 Å². The smallest absolute Gasteiger partial charge is 0.384 e. The van der Waals surface area contributed by atoms with E-state index in [4.69, 9.17) is 28.0 Å². The molecule has 1 N–H and O–H groups in total. The predicted molar refractivity (Wildman–Crippen MR) is 118 cm³/mol. The Morgan fingerprint density at radius 1 is 1.24 bits per heavy atom. The number of hydrogen-bond donors (Lipinski definition) is 1. The van der Waals surface area contributed by atoms with Crippen molar-refractivity contribution in [1.29, 1.82) is 0 Å². The number of alkyl halides is 3. The second-order valence-electron chi connectivity index (χ2n) is 7.75. The molecule has 1 aromatic carbocycles. The van der Waals surface area contributed by atoms with Crippen molar-refractivity contribution in [3.63, 3.8) is 0 Å². The summed E-state index contributed by atoms with van der Waals surface area (Å²) in [6, 6.07) is 4.55. The number of carbonyl (C=O) groups is 2. The van der Waals surface area contributed by atoms with Crippen LogP contribution < -0.4 is 5.32 Å². The zero-order valence-electron chi connectivity index (χ0n) is 17.4. The molecule has 0 saturated heterocycles. The van der Waals surface area contributed by atoms with Crippen molar-refractivity contribution in [2.45, 2.75) is 44.9 Å². The van der Waals surface area contributed by atoms with Gasteiger partial charge in [0.2, 0.25) is 0 Å². The molecule has 1 aliphatic heterocycles. The lowest BCUT2D eigenvalue weighted by molar-refractivity contribution is -0.142. The molecule has 0 spiro atoms. The highest BCUT2D eigenvalue weighted by Gasteiger charge is 2.38. The number of nitrogens with one attached hydrogen (secondary N) is 1. The molecule has 1 aliphatic rings. The molecule has 0 aliphatic carbocycles. The molecular formula is C21H18Cl2F4N2O3S. The van der Waals surface area contributed by atoms with E-state index in [0.717, 1.165) is 11.3 Å². The fourth-order valence-corrected chi connectivity index (χ4v) is 4.72. The first-order valence-electron chi connectivity index (χ1n) is 9.66. The molecule has 1 atom stereocenters. The second-order valence-corrected chi connectivity index (χ2v) is 9.62. The predicted octanol–water partition coefficient (Wildman–Crippen LogP) is 6.18. The summed E-state index contributed by atoms with van der Waals surface area (Å²) in [5.41, 5.74) is 0.727. The number of halogens is 6. The van der Waals surface area contributed by atoms with Crippen molar-refractivity contribution in [2.24, 2.45) is 5.16 Å². The summed E-state index contributed by atoms with van der Waals surface area (Å²) in [5, 5.41) is 6.17. The molecule has 3 rings (SSSR count). The average Bonchev–Trinajstić information content (AvgIpc) is 3.31. The molecule has 12 heteroatoms. The number of aryl methyl sites for hydroxylation is 1. The van der Waals surface area contributed by atoms with Gasteiger partial charge in [0.25, 0.3) is 5.91 Å². The topological polar surface area (TPSA) is 67.8 Å². The normalized spacial score (nSPS) is 18.1. The number of amides is 1. The standard InChI is InChI=1S/C21H18Cl2F4N2O3S/c1-10-5-16(33-18(10)19(31)28-9-12(30)3-4-21(25,26)27)15-8-20(2,32-29-15)11-6-13(22)17(24)14(23)7-11/h5-7H,3-4,8-9H2,1-2H3,(H,28,31)/t20-/m0/s1. The van der Waals surface area contributed by atoms with Gasteiger partial charge in [0, 0.05) is 18.4 Å². The molecule has 2 aromatic rings. The third-order valence-electron chi connectivity index (χ3n) is 5.00. The Labute approximate surface area is 200 Å². The molecule has 0 saturated carbocycles. The molecule has 0 radical (unpaired) electrons. The van der Waals surface area contributed by atoms with Crippen LogP contribution in [0.5, 0.6) is 0 Å². The molecule has 178 valence electrons. The van der Waals surface area contributed by atoms with E-state index in [1.807, 2.05) is 0 Å². The molecule has 1 amide bonds. The Hall–Kier alpha value is -2.17. The van der Waals surface area contributed by atoms with Crippen molar-refractivity contribution in [2.75, 3.05) is 6.54 Å². The lowest BCUT2D eigenvalue weighted by Crippen LogP contribution is -2.29. The summed E-state index contributed by atoms with van der Waals surface area (Å²) in [4.78, 5) is 30.6. The van der Waals surface area contributed by atoms with Gasteiger partial charge in [-0.25, -0.2) is 4.39 Å². The van der Waals surface area contributed by atoms with Crippen LogP contribution in [0.2, 0.25) is 10.0 Å². The summed E-state index contributed by atoms with van der Waals surface area (Å²) in [5.74, 6) is -2.01. The minimum absolute atomic E-state index is 0.147. The largest absolute Gasteiger partial charge is 0.389 e. The lowest BCUT2D eigenvalue weighted by atomic mass is 9.90. The van der Waals surface area contributed by atoms with Gasteiger partial charge in [0.1, 0.15) is 5.71 Å². The van der Waals surface area contributed by atoms with E-state index in [0.29, 0.717) is 33.0 Å². The molecule has 0 bridgehead atoms. The van der Waals surface area contributed by atoms with Gasteiger partial charge in [0.15, 0.2) is 17.2 Å². The molecule has 33 heavy (non-hydrogen) atoms. The molecule has 1 aromatic heterocycles. The summed E-state index contributed by atoms with van der Waals surface area (Å²) in [7, 11) is 0. The molecule has 5 nitrogen and oxygen atoms in total. The SMILES string of the molecule is Cc1cc(C2=NO[C@](C)(c3cc(Cl)c(F)c(Cl)c3)C2)sc1C(=O)NCC(=O)CCC(F)(F)F. The lowest BCUT2D eigenvalue weighted by Gasteiger charge is -2.22. The first-order valence-corrected chi connectivity index (χ1v) is 11.2. The van der Waals surface area contributed by atoms with E-state index in [9.17, 15) is 27.2 Å². The number of nitrogens with zero attached hydrogens (tertiary/aromatic N) is 1. The third kappa shape index (κ3) is 6.04. The van der Waals surface area contributed by atoms with Gasteiger partial charge < -0.3 is 10.2 Å². The first-order chi connectivity index (χ1) is 15.3. The Morgan fingerprint density at radius 3 is 2.48 bits per heavy atom. The Morgan fingerprint density at radius 2 is 1.88 bits per heavy atom. The third-order valence-corrected chi connectivity index (χ3v) is 6.83. The molecule has 0 fully saturated rings. The number of carbonyl (C=O) groups excluding carboxylic acids is 2. The van der Waals surface area contributed by atoms with E-state index in [2.05, 4.69) is 10.5 Å². The number of Topliss-reactive ketones (excluding diaryl/α,β-unsaturated/α-hetero) is 1. The molecular weight excluding hydrogens is 507 g/mol. The van der Waals surface area contributed by atoms with Crippen LogP contribution in [0.1, 0.15) is 51.9 Å². The summed E-state index contributed by atoms with van der Waals surface area (Å²) in [6.07, 6.45) is -6.06. The van der Waals surface area contributed by atoms with Crippen LogP contribution in [0.15, 0.2) is 23.4 Å². The zero-order chi connectivity index (χ0) is 24.6. The Kier molecular flexibility index (Phi) is 7.40. The highest BCUT2D eigenvalue weighted by molar-refractivity contribution is 7.16. The highest BCUT2D eigenvalue weighted by Crippen LogP contribution is 2.40. The van der Waals surface area contributed by atoms with Gasteiger partial charge in [0.05, 0.1) is 32.8 Å². The number of rotatable bonds is 7. The number of thiophene rings is 1. The van der Waals surface area contributed by atoms with Crippen molar-refractivity contribution >= 4 is 51.9 Å². The summed E-state index contributed by atoms with van der Waals surface area (Å²) >= 11 is 12.9. The maximum Gasteiger partial charge on any atom is 0.389 e. The minimum atomic E-state index is -4.43. The van der Waals surface area contributed by atoms with E-state index in [1.54, 1.807) is 19.9 Å². The van der Waals surface area contributed by atoms with Crippen molar-refractivity contribution in [1.82, 2.24) is 5.32 Å². The zero-order valence-corrected chi connectivity index (χ0v) is 19.7. The fraction of sp³-hybridized carbons (Fsp3) is 0.381. The van der Waals surface area contributed by atoms with Crippen LogP contribution >= 0.6 is 34.5 Å². The fourth-order valence-electron chi connectivity index (χ4n) is 3.17. The van der Waals surface area contributed by atoms with Crippen molar-refractivity contribution in [3.05, 3.63) is 54.9 Å².